The van der Waals surface area contributed by atoms with E-state index >= 15 is 0 Å². The first kappa shape index (κ1) is 27.8. The number of carbonyl (C=O) groups is 1. The molecule has 0 aliphatic heterocycles. The van der Waals surface area contributed by atoms with Crippen LogP contribution in [0.25, 0.3) is 16.7 Å². The van der Waals surface area contributed by atoms with Gasteiger partial charge in [-0.15, -0.1) is 0 Å². The van der Waals surface area contributed by atoms with Crippen LogP contribution in [0.4, 0.5) is 5.95 Å². The predicted molar refractivity (Wildman–Crippen MR) is 142 cm³/mol. The molecule has 0 aliphatic carbocycles. The van der Waals surface area contributed by atoms with E-state index in [9.17, 15) is 9.90 Å². The van der Waals surface area contributed by atoms with Gasteiger partial charge in [0.05, 0.1) is 24.4 Å². The molecule has 0 spiro atoms. The number of nitrogens with two attached hydrogens (primary N) is 2. The summed E-state index contributed by atoms with van der Waals surface area (Å²) in [5.74, 6) is -1.12. The van der Waals surface area contributed by atoms with Gasteiger partial charge >= 0.3 is 5.97 Å². The summed E-state index contributed by atoms with van der Waals surface area (Å²) in [5, 5.41) is 11.5. The van der Waals surface area contributed by atoms with Crippen molar-refractivity contribution in [3.05, 3.63) is 65.4 Å². The summed E-state index contributed by atoms with van der Waals surface area (Å²) in [7, 11) is 0. The number of benzene rings is 2. The largest absolute Gasteiger partial charge is 0.506 e. The molecule has 3 rings (SSSR count). The van der Waals surface area contributed by atoms with Gasteiger partial charge in [-0.2, -0.15) is 9.98 Å². The molecule has 0 saturated carbocycles. The zero-order valence-corrected chi connectivity index (χ0v) is 21.1. The number of aliphatic hydroxyl groups excluding tert-OH is 1. The minimum absolute atomic E-state index is 0.0668. The van der Waals surface area contributed by atoms with Gasteiger partial charge < -0.3 is 26.0 Å². The fourth-order valence-corrected chi connectivity index (χ4v) is 3.12. The number of carbonyl (C=O) groups excluding carboxylic acids is 1. The summed E-state index contributed by atoms with van der Waals surface area (Å²) in [4.78, 5) is 29.3. The molecule has 10 heteroatoms. The van der Waals surface area contributed by atoms with Crippen LogP contribution in [0.3, 0.4) is 0 Å². The van der Waals surface area contributed by atoms with E-state index in [0.717, 1.165) is 5.39 Å². The smallest absolute Gasteiger partial charge is 0.345 e. The van der Waals surface area contributed by atoms with Crippen LogP contribution in [-0.4, -0.2) is 46.1 Å². The van der Waals surface area contributed by atoms with Gasteiger partial charge in [0.2, 0.25) is 5.96 Å². The Morgan fingerprint density at radius 1 is 1.03 bits per heavy atom. The number of amidine groups is 1. The standard InChI is InChI=1S/C24H26N6O4.C2H6/c1-4-33-16-11-12-18-17(13-16)14(3)27-24(28-18)30-23(26)29-21(25)19(22(32)34-5-2)20(31)15-9-7-6-8-10-15;1-2/h6-13,31H,4-5H2,1-3H3,(H4,25,26,27,28,29,30);1-2H3/b20-19-;. The lowest BCUT2D eigenvalue weighted by molar-refractivity contribution is -0.137. The maximum absolute atomic E-state index is 12.5. The molecule has 5 N–H and O–H groups in total. The number of hydrogen-bond donors (Lipinski definition) is 3. The molecule has 1 heterocycles. The van der Waals surface area contributed by atoms with Crippen molar-refractivity contribution in [1.29, 1.82) is 0 Å². The van der Waals surface area contributed by atoms with E-state index in [2.05, 4.69) is 20.0 Å². The molecule has 0 saturated heterocycles. The number of rotatable bonds is 7. The van der Waals surface area contributed by atoms with Crippen molar-refractivity contribution < 1.29 is 19.4 Å². The van der Waals surface area contributed by atoms with Crippen LogP contribution in [0, 0.1) is 6.92 Å². The van der Waals surface area contributed by atoms with Gasteiger partial charge in [-0.1, -0.05) is 44.2 Å². The lowest BCUT2D eigenvalue weighted by Gasteiger charge is -2.10. The minimum atomic E-state index is -0.846. The summed E-state index contributed by atoms with van der Waals surface area (Å²) in [6, 6.07) is 13.8. The number of guanidine groups is 1. The number of esters is 1. The summed E-state index contributed by atoms with van der Waals surface area (Å²) >= 11 is 0. The van der Waals surface area contributed by atoms with Crippen LogP contribution in [0.2, 0.25) is 0 Å². The van der Waals surface area contributed by atoms with Crippen LogP contribution in [0.1, 0.15) is 39.0 Å². The van der Waals surface area contributed by atoms with Gasteiger partial charge in [-0.25, -0.2) is 14.8 Å². The monoisotopic (exact) mass is 492 g/mol. The molecule has 0 aliphatic rings. The van der Waals surface area contributed by atoms with Gasteiger partial charge in [0.25, 0.3) is 5.95 Å². The topological polar surface area (TPSA) is 158 Å². The second kappa shape index (κ2) is 13.4. The third-order valence-corrected chi connectivity index (χ3v) is 4.63. The molecule has 36 heavy (non-hydrogen) atoms. The molecule has 0 radical (unpaired) electrons. The molecule has 0 fully saturated rings. The number of ether oxygens (including phenoxy) is 2. The summed E-state index contributed by atoms with van der Waals surface area (Å²) < 4.78 is 10.5. The van der Waals surface area contributed by atoms with Gasteiger partial charge in [0.1, 0.15) is 22.9 Å². The Bertz CT molecular complexity index is 1290. The zero-order valence-electron chi connectivity index (χ0n) is 21.1. The Labute approximate surface area is 210 Å². The van der Waals surface area contributed by atoms with Crippen molar-refractivity contribution in [2.75, 3.05) is 13.2 Å². The van der Waals surface area contributed by atoms with Crippen LogP contribution in [0.15, 0.2) is 64.1 Å². The number of nitrogens with zero attached hydrogens (tertiary/aromatic N) is 4. The molecule has 190 valence electrons. The van der Waals surface area contributed by atoms with E-state index in [-0.39, 0.29) is 29.9 Å². The highest BCUT2D eigenvalue weighted by Crippen LogP contribution is 2.24. The average molecular weight is 493 g/mol. The van der Waals surface area contributed by atoms with E-state index in [4.69, 9.17) is 20.9 Å². The van der Waals surface area contributed by atoms with E-state index in [1.54, 1.807) is 49.4 Å². The van der Waals surface area contributed by atoms with Crippen molar-refractivity contribution in [1.82, 2.24) is 9.97 Å². The molecule has 2 aromatic carbocycles. The minimum Gasteiger partial charge on any atom is -0.506 e. The third-order valence-electron chi connectivity index (χ3n) is 4.63. The van der Waals surface area contributed by atoms with Gasteiger partial charge in [-0.05, 0) is 39.0 Å². The van der Waals surface area contributed by atoms with Crippen LogP contribution < -0.4 is 16.2 Å². The Balaban J connectivity index is 0.00000222. The highest BCUT2D eigenvalue weighted by atomic mass is 16.5. The molecule has 3 aromatic rings. The zero-order chi connectivity index (χ0) is 26.7. The van der Waals surface area contributed by atoms with E-state index in [0.29, 0.717) is 29.1 Å². The number of aromatic nitrogens is 2. The fraction of sp³-hybridized carbons (Fsp3) is 0.269. The fourth-order valence-electron chi connectivity index (χ4n) is 3.12. The maximum atomic E-state index is 12.5. The Hall–Kier alpha value is -4.47. The van der Waals surface area contributed by atoms with Gasteiger partial charge in [0, 0.05) is 10.9 Å². The lowest BCUT2D eigenvalue weighted by Crippen LogP contribution is -2.27. The van der Waals surface area contributed by atoms with Gasteiger partial charge in [0.15, 0.2) is 0 Å². The highest BCUT2D eigenvalue weighted by molar-refractivity contribution is 6.24. The van der Waals surface area contributed by atoms with Crippen molar-refractivity contribution in [2.45, 2.75) is 34.6 Å². The average Bonchev–Trinajstić information content (AvgIpc) is 2.86. The lowest BCUT2D eigenvalue weighted by atomic mass is 10.1. The molecule has 0 bridgehead atoms. The molecular weight excluding hydrogens is 460 g/mol. The van der Waals surface area contributed by atoms with Crippen molar-refractivity contribution >= 4 is 40.4 Å². The molecule has 1 aromatic heterocycles. The molecule has 10 nitrogen and oxygen atoms in total. The number of aliphatic imine (C=N–C) groups is 2. The van der Waals surface area contributed by atoms with E-state index in [1.165, 1.54) is 0 Å². The Kier molecular flexibility index (Phi) is 10.4. The van der Waals surface area contributed by atoms with Crippen LogP contribution >= 0.6 is 0 Å². The summed E-state index contributed by atoms with van der Waals surface area (Å²) in [6.07, 6.45) is 0. The number of hydrogen-bond acceptors (Lipinski definition) is 7. The molecular formula is C26H32N6O4. The molecule has 0 unspecified atom stereocenters. The maximum Gasteiger partial charge on any atom is 0.345 e. The van der Waals surface area contributed by atoms with Crippen molar-refractivity contribution in [2.24, 2.45) is 21.5 Å². The van der Waals surface area contributed by atoms with E-state index < -0.39 is 11.7 Å². The third kappa shape index (κ3) is 7.02. The van der Waals surface area contributed by atoms with Crippen molar-refractivity contribution in [3.8, 4) is 5.75 Å². The van der Waals surface area contributed by atoms with Crippen LogP contribution in [-0.2, 0) is 9.53 Å². The quantitative estimate of drug-likeness (QED) is 0.145. The second-order valence-electron chi connectivity index (χ2n) is 7.00. The summed E-state index contributed by atoms with van der Waals surface area (Å²) in [5.41, 5.74) is 13.3. The first-order chi connectivity index (χ1) is 17.3. The van der Waals surface area contributed by atoms with Crippen LogP contribution in [0.5, 0.6) is 5.75 Å². The first-order valence-electron chi connectivity index (χ1n) is 11.6. The number of aryl methyl sites for hydroxylation is 1. The highest BCUT2D eigenvalue weighted by Gasteiger charge is 2.22. The van der Waals surface area contributed by atoms with E-state index in [1.807, 2.05) is 33.8 Å². The Morgan fingerprint density at radius 2 is 1.72 bits per heavy atom. The Morgan fingerprint density at radius 3 is 2.36 bits per heavy atom. The predicted octanol–water partition coefficient (Wildman–Crippen LogP) is 4.20. The number of fused-ring (bicyclic) bond motifs is 1. The molecule has 0 atom stereocenters. The normalized spacial score (nSPS) is 12.4. The first-order valence-corrected chi connectivity index (χ1v) is 11.6. The summed E-state index contributed by atoms with van der Waals surface area (Å²) in [6.45, 7) is 9.98. The van der Waals surface area contributed by atoms with Gasteiger partial charge in [-0.3, -0.25) is 0 Å². The molecule has 0 amide bonds. The van der Waals surface area contributed by atoms with Crippen molar-refractivity contribution in [3.63, 3.8) is 0 Å². The SMILES string of the molecule is CC.CCOC(=O)C(/C(N)=N/C(N)=N/c1nc(C)c2cc(OCC)ccc2n1)=C(\O)c1ccccc1. The second-order valence-corrected chi connectivity index (χ2v) is 7.00. The number of aliphatic hydroxyl groups is 1.